The molecule has 2 N–H and O–H groups in total. The molecule has 2 heterocycles. The minimum absolute atomic E-state index is 0.0279. The van der Waals surface area contributed by atoms with E-state index in [1.807, 2.05) is 4.90 Å². The van der Waals surface area contributed by atoms with Crippen LogP contribution in [0.25, 0.3) is 11.1 Å². The van der Waals surface area contributed by atoms with Crippen molar-refractivity contribution in [2.75, 3.05) is 26.7 Å². The predicted octanol–water partition coefficient (Wildman–Crippen LogP) is 6.88. The van der Waals surface area contributed by atoms with Gasteiger partial charge in [-0.2, -0.15) is 13.2 Å². The molecular weight excluding hydrogens is 673 g/mol. The molecule has 3 aromatic rings. The number of halogens is 6. The second-order valence-electron chi connectivity index (χ2n) is 12.8. The standard InChI is InChI=1S/C35H39ClF5N3O5/c1-18(2)11-27(44-15-21(9-10-43-16-22(17-43)49-5)24(13-28(44)45)35(39,40)41)34(48)42-26(14-29(46)47)31-32(37)23(12-25(36)33(31)38)30-19(3)7-6-8-20(30)4/h6-8,12-13,15,18,22,26-27H,9-11,14,16-17H2,1-5H3,(H,42,48)(H,46,47)/t26-,27+/m0/s1. The largest absolute Gasteiger partial charge is 0.481 e. The molecular formula is C35H39ClF5N3O5. The Morgan fingerprint density at radius 3 is 2.29 bits per heavy atom. The fraction of sp³-hybridized carbons (Fsp3) is 0.457. The van der Waals surface area contributed by atoms with E-state index in [1.165, 1.54) is 0 Å². The van der Waals surface area contributed by atoms with E-state index in [9.17, 15) is 32.7 Å². The molecule has 1 amide bonds. The summed E-state index contributed by atoms with van der Waals surface area (Å²) >= 11 is 6.21. The van der Waals surface area contributed by atoms with Crippen molar-refractivity contribution in [3.8, 4) is 11.1 Å². The lowest BCUT2D eigenvalue weighted by Gasteiger charge is -2.38. The number of aromatic nitrogens is 1. The Labute approximate surface area is 285 Å². The van der Waals surface area contributed by atoms with Crippen LogP contribution in [0.1, 0.15) is 66.6 Å². The lowest BCUT2D eigenvalue weighted by atomic mass is 9.91. The van der Waals surface area contributed by atoms with E-state index < -0.39 is 69.9 Å². The molecule has 0 aliphatic carbocycles. The van der Waals surface area contributed by atoms with Crippen LogP contribution in [0, 0.1) is 31.4 Å². The van der Waals surface area contributed by atoms with Gasteiger partial charge in [0.25, 0.3) is 5.56 Å². The molecule has 1 aliphatic heterocycles. The number of aryl methyl sites for hydroxylation is 2. The molecule has 0 unspecified atom stereocenters. The number of carbonyl (C=O) groups excluding carboxylic acids is 1. The third-order valence-electron chi connectivity index (χ3n) is 8.74. The third-order valence-corrected chi connectivity index (χ3v) is 9.02. The number of rotatable bonds is 13. The van der Waals surface area contributed by atoms with Crippen molar-refractivity contribution in [3.63, 3.8) is 0 Å². The number of ether oxygens (including phenoxy) is 1. The Morgan fingerprint density at radius 1 is 1.10 bits per heavy atom. The molecule has 1 fully saturated rings. The van der Waals surface area contributed by atoms with Gasteiger partial charge < -0.3 is 19.7 Å². The van der Waals surface area contributed by atoms with Crippen LogP contribution in [0.5, 0.6) is 0 Å². The number of aliphatic carboxylic acids is 1. The second-order valence-corrected chi connectivity index (χ2v) is 13.2. The van der Waals surface area contributed by atoms with Gasteiger partial charge in [0.15, 0.2) is 0 Å². The first-order valence-corrected chi connectivity index (χ1v) is 16.1. The highest BCUT2D eigenvalue weighted by Crippen LogP contribution is 2.39. The molecule has 1 aromatic heterocycles. The van der Waals surface area contributed by atoms with Crippen molar-refractivity contribution >= 4 is 23.5 Å². The molecule has 0 radical (unpaired) electrons. The third kappa shape index (κ3) is 8.68. The Hall–Kier alpha value is -3.81. The highest BCUT2D eigenvalue weighted by atomic mass is 35.5. The summed E-state index contributed by atoms with van der Waals surface area (Å²) < 4.78 is 80.3. The van der Waals surface area contributed by atoms with Gasteiger partial charge in [-0.1, -0.05) is 43.6 Å². The summed E-state index contributed by atoms with van der Waals surface area (Å²) in [5, 5.41) is 11.6. The first-order chi connectivity index (χ1) is 22.9. The quantitative estimate of drug-likeness (QED) is 0.148. The molecule has 14 heteroatoms. The summed E-state index contributed by atoms with van der Waals surface area (Å²) in [4.78, 5) is 41.1. The number of hydrogen-bond acceptors (Lipinski definition) is 5. The smallest absolute Gasteiger partial charge is 0.416 e. The Morgan fingerprint density at radius 2 is 1.73 bits per heavy atom. The van der Waals surface area contributed by atoms with Crippen LogP contribution >= 0.6 is 11.6 Å². The molecule has 49 heavy (non-hydrogen) atoms. The van der Waals surface area contributed by atoms with Crippen LogP contribution < -0.4 is 10.9 Å². The van der Waals surface area contributed by atoms with E-state index in [-0.39, 0.29) is 42.5 Å². The molecule has 8 nitrogen and oxygen atoms in total. The number of nitrogens with one attached hydrogen (secondary N) is 1. The maximum Gasteiger partial charge on any atom is 0.416 e. The molecule has 2 aromatic carbocycles. The molecule has 266 valence electrons. The van der Waals surface area contributed by atoms with E-state index in [2.05, 4.69) is 5.32 Å². The predicted molar refractivity (Wildman–Crippen MR) is 175 cm³/mol. The highest BCUT2D eigenvalue weighted by molar-refractivity contribution is 6.31. The van der Waals surface area contributed by atoms with E-state index >= 15 is 8.78 Å². The first kappa shape index (κ1) is 38.0. The molecule has 1 saturated heterocycles. The normalized spacial score (nSPS) is 15.3. The van der Waals surface area contributed by atoms with Crippen LogP contribution in [-0.4, -0.2) is 59.3 Å². The Bertz CT molecular complexity index is 1750. The Balaban J connectivity index is 1.78. The molecule has 1 aliphatic rings. The van der Waals surface area contributed by atoms with E-state index in [0.29, 0.717) is 35.8 Å². The minimum Gasteiger partial charge on any atom is -0.481 e. The van der Waals surface area contributed by atoms with Crippen LogP contribution in [0.3, 0.4) is 0 Å². The zero-order valence-electron chi connectivity index (χ0n) is 27.8. The van der Waals surface area contributed by atoms with Crippen molar-refractivity contribution in [3.05, 3.63) is 91.4 Å². The number of pyridine rings is 1. The number of carbonyl (C=O) groups is 2. The topological polar surface area (TPSA) is 101 Å². The number of carboxylic acid groups (broad SMARTS) is 1. The van der Waals surface area contributed by atoms with E-state index in [4.69, 9.17) is 16.3 Å². The van der Waals surface area contributed by atoms with Gasteiger partial charge in [0, 0.05) is 50.1 Å². The minimum atomic E-state index is -4.85. The van der Waals surface area contributed by atoms with Crippen molar-refractivity contribution in [1.82, 2.24) is 14.8 Å². The van der Waals surface area contributed by atoms with Crippen LogP contribution in [0.2, 0.25) is 5.02 Å². The highest BCUT2D eigenvalue weighted by Gasteiger charge is 2.37. The molecule has 2 atom stereocenters. The number of likely N-dealkylation sites (tertiary alicyclic amines) is 1. The fourth-order valence-corrected chi connectivity index (χ4v) is 6.45. The molecule has 0 spiro atoms. The SMILES string of the molecule is COC1CN(CCc2cn([C@H](CC(C)C)C(=O)N[C@@H](CC(=O)O)c3c(F)c(Cl)cc(-c4c(C)cccc4C)c3F)c(=O)cc2C(F)(F)F)C1. The van der Waals surface area contributed by atoms with E-state index in [1.54, 1.807) is 53.0 Å². The van der Waals surface area contributed by atoms with Crippen molar-refractivity contribution in [2.24, 2.45) is 5.92 Å². The monoisotopic (exact) mass is 711 g/mol. The van der Waals surface area contributed by atoms with Crippen molar-refractivity contribution in [2.45, 2.75) is 71.3 Å². The maximum absolute atomic E-state index is 16.3. The lowest BCUT2D eigenvalue weighted by molar-refractivity contribution is -0.139. The van der Waals surface area contributed by atoms with Gasteiger partial charge in [-0.15, -0.1) is 0 Å². The van der Waals surface area contributed by atoms with Crippen LogP contribution in [0.4, 0.5) is 22.0 Å². The zero-order chi connectivity index (χ0) is 36.4. The number of benzene rings is 2. The van der Waals surface area contributed by atoms with Crippen LogP contribution in [0.15, 0.2) is 41.3 Å². The van der Waals surface area contributed by atoms with Crippen molar-refractivity contribution in [1.29, 1.82) is 0 Å². The number of carboxylic acids is 1. The van der Waals surface area contributed by atoms with Gasteiger partial charge in [0.2, 0.25) is 5.91 Å². The first-order valence-electron chi connectivity index (χ1n) is 15.8. The summed E-state index contributed by atoms with van der Waals surface area (Å²) in [7, 11) is 1.54. The lowest BCUT2D eigenvalue weighted by Crippen LogP contribution is -2.52. The van der Waals surface area contributed by atoms with Gasteiger partial charge in [-0.25, -0.2) is 8.78 Å². The summed E-state index contributed by atoms with van der Waals surface area (Å²) in [6.45, 7) is 8.15. The van der Waals surface area contributed by atoms with Gasteiger partial charge in [-0.3, -0.25) is 19.3 Å². The number of alkyl halides is 3. The summed E-state index contributed by atoms with van der Waals surface area (Å²) in [6.07, 6.45) is -5.01. The number of amides is 1. The second kappa shape index (κ2) is 15.4. The summed E-state index contributed by atoms with van der Waals surface area (Å²) in [5.74, 6) is -5.22. The van der Waals surface area contributed by atoms with Crippen LogP contribution in [-0.2, 0) is 26.9 Å². The van der Waals surface area contributed by atoms with Gasteiger partial charge in [-0.05, 0) is 60.9 Å². The number of nitrogens with zero attached hydrogens (tertiary/aromatic N) is 2. The van der Waals surface area contributed by atoms with Crippen molar-refractivity contribution < 1.29 is 41.4 Å². The average molecular weight is 712 g/mol. The van der Waals surface area contributed by atoms with Gasteiger partial charge in [0.05, 0.1) is 29.2 Å². The maximum atomic E-state index is 16.3. The summed E-state index contributed by atoms with van der Waals surface area (Å²) in [5.41, 5.74) is -1.71. The van der Waals surface area contributed by atoms with E-state index in [0.717, 1.165) is 16.8 Å². The zero-order valence-corrected chi connectivity index (χ0v) is 28.5. The van der Waals surface area contributed by atoms with Gasteiger partial charge >= 0.3 is 12.1 Å². The average Bonchev–Trinajstić information content (AvgIpc) is 2.97. The molecule has 0 bridgehead atoms. The molecule has 4 rings (SSSR count). The Kier molecular flexibility index (Phi) is 11.9. The number of methoxy groups -OCH3 is 1. The summed E-state index contributed by atoms with van der Waals surface area (Å²) in [6, 6.07) is 3.44. The van der Waals surface area contributed by atoms with Gasteiger partial charge in [0.1, 0.15) is 17.7 Å². The fourth-order valence-electron chi connectivity index (χ4n) is 6.24. The molecule has 0 saturated carbocycles. The number of hydrogen-bond donors (Lipinski definition) is 2.